The molecule has 0 radical (unpaired) electrons. The smallest absolute Gasteiger partial charge is 0.346 e. The van der Waals surface area contributed by atoms with Crippen LogP contribution in [-0.2, 0) is 10.5 Å². The first kappa shape index (κ1) is 15.7. The number of amides is 1. The Morgan fingerprint density at radius 3 is 2.57 bits per heavy atom. The van der Waals surface area contributed by atoms with Crippen molar-refractivity contribution < 1.29 is 18.0 Å². The lowest BCUT2D eigenvalue weighted by Gasteiger charge is -2.09. The van der Waals surface area contributed by atoms with Gasteiger partial charge >= 0.3 is 6.18 Å². The highest BCUT2D eigenvalue weighted by molar-refractivity contribution is 7.99. The first-order valence-electron chi connectivity index (χ1n) is 6.33. The zero-order valence-corrected chi connectivity index (χ0v) is 11.9. The second-order valence-electron chi connectivity index (χ2n) is 4.52. The lowest BCUT2D eigenvalue weighted by molar-refractivity contribution is -0.136. The van der Waals surface area contributed by atoms with Gasteiger partial charge in [-0.15, -0.1) is 11.8 Å². The number of carbonyl (C=O) groups is 1. The van der Waals surface area contributed by atoms with Crippen molar-refractivity contribution in [3.8, 4) is 0 Å². The van der Waals surface area contributed by atoms with E-state index in [1.807, 2.05) is 47.8 Å². The Bertz CT molecular complexity index is 622. The Balaban J connectivity index is 1.87. The molecule has 2 rings (SSSR count). The topological polar surface area (TPSA) is 29.1 Å². The molecule has 21 heavy (non-hydrogen) atoms. The molecule has 0 fully saturated rings. The van der Waals surface area contributed by atoms with E-state index in [0.29, 0.717) is 5.75 Å². The van der Waals surface area contributed by atoms with Crippen molar-refractivity contribution in [1.82, 2.24) is 5.32 Å². The molecule has 112 valence electrons. The van der Waals surface area contributed by atoms with Crippen molar-refractivity contribution in [1.29, 1.82) is 0 Å². The lowest BCUT2D eigenvalue weighted by atomic mass is 10.1. The van der Waals surface area contributed by atoms with Crippen LogP contribution in [0.5, 0.6) is 0 Å². The Labute approximate surface area is 124 Å². The normalized spacial score (nSPS) is 11.6. The van der Waals surface area contributed by atoms with E-state index in [1.165, 1.54) is 11.8 Å². The van der Waals surface area contributed by atoms with E-state index in [-0.39, 0.29) is 5.75 Å². The summed E-state index contributed by atoms with van der Waals surface area (Å²) in [6, 6.07) is 13.8. The SMILES string of the molecule is O=C(CSCc1cccc2ccccc12)NCC(F)(F)F. The molecule has 1 amide bonds. The van der Waals surface area contributed by atoms with E-state index in [4.69, 9.17) is 0 Å². The molecule has 2 aromatic rings. The predicted octanol–water partition coefficient (Wildman–Crippen LogP) is 3.75. The summed E-state index contributed by atoms with van der Waals surface area (Å²) in [6.45, 7) is -1.28. The molecular formula is C15H14F3NOS. The standard InChI is InChI=1S/C15H14F3NOS/c16-15(17,18)10-19-14(20)9-21-8-12-6-3-5-11-4-1-2-7-13(11)12/h1-7H,8-10H2,(H,19,20). The molecule has 0 aliphatic carbocycles. The van der Waals surface area contributed by atoms with Gasteiger partial charge in [0.1, 0.15) is 6.54 Å². The maximum absolute atomic E-state index is 12.0. The van der Waals surface area contributed by atoms with Crippen molar-refractivity contribution in [2.75, 3.05) is 12.3 Å². The summed E-state index contributed by atoms with van der Waals surface area (Å²) in [7, 11) is 0. The number of hydrogen-bond donors (Lipinski definition) is 1. The van der Waals surface area contributed by atoms with Crippen LogP contribution in [0.25, 0.3) is 10.8 Å². The molecule has 0 aliphatic heterocycles. The number of thioether (sulfide) groups is 1. The van der Waals surface area contributed by atoms with Gasteiger partial charge in [-0.25, -0.2) is 0 Å². The van der Waals surface area contributed by atoms with Gasteiger partial charge in [0.05, 0.1) is 5.75 Å². The lowest BCUT2D eigenvalue weighted by Crippen LogP contribution is -2.34. The zero-order valence-electron chi connectivity index (χ0n) is 11.1. The summed E-state index contributed by atoms with van der Waals surface area (Å²) in [5.41, 5.74) is 1.07. The Hall–Kier alpha value is -1.69. The molecule has 2 aromatic carbocycles. The average molecular weight is 313 g/mol. The number of benzene rings is 2. The van der Waals surface area contributed by atoms with Gasteiger partial charge in [0, 0.05) is 5.75 Å². The molecule has 0 atom stereocenters. The fourth-order valence-corrected chi connectivity index (χ4v) is 2.78. The molecule has 6 heteroatoms. The molecular weight excluding hydrogens is 299 g/mol. The monoisotopic (exact) mass is 313 g/mol. The summed E-state index contributed by atoms with van der Waals surface area (Å²) in [6.07, 6.45) is -4.37. The van der Waals surface area contributed by atoms with Gasteiger partial charge in [-0.1, -0.05) is 42.5 Å². The summed E-state index contributed by atoms with van der Waals surface area (Å²) >= 11 is 1.30. The van der Waals surface area contributed by atoms with Gasteiger partial charge in [-0.2, -0.15) is 13.2 Å². The molecule has 0 aliphatic rings. The number of fused-ring (bicyclic) bond motifs is 1. The third kappa shape index (κ3) is 4.97. The highest BCUT2D eigenvalue weighted by Crippen LogP contribution is 2.22. The van der Waals surface area contributed by atoms with Gasteiger partial charge < -0.3 is 5.32 Å². The second-order valence-corrected chi connectivity index (χ2v) is 5.51. The van der Waals surface area contributed by atoms with Crippen LogP contribution in [0.2, 0.25) is 0 Å². The summed E-state index contributed by atoms with van der Waals surface area (Å²) in [5.74, 6) is -0.00217. The highest BCUT2D eigenvalue weighted by Gasteiger charge is 2.27. The largest absolute Gasteiger partial charge is 0.405 e. The number of hydrogen-bond acceptors (Lipinski definition) is 2. The number of alkyl halides is 3. The maximum Gasteiger partial charge on any atom is 0.405 e. The third-order valence-corrected chi connectivity index (χ3v) is 3.84. The number of rotatable bonds is 5. The average Bonchev–Trinajstić information content (AvgIpc) is 2.45. The minimum atomic E-state index is -4.37. The van der Waals surface area contributed by atoms with Crippen LogP contribution in [-0.4, -0.2) is 24.4 Å². The molecule has 0 spiro atoms. The molecule has 0 heterocycles. The number of halogens is 3. The molecule has 2 nitrogen and oxygen atoms in total. The predicted molar refractivity (Wildman–Crippen MR) is 79.2 cm³/mol. The summed E-state index contributed by atoms with van der Waals surface area (Å²) in [5, 5.41) is 4.07. The maximum atomic E-state index is 12.0. The van der Waals surface area contributed by atoms with E-state index in [1.54, 1.807) is 0 Å². The molecule has 0 aromatic heterocycles. The van der Waals surface area contributed by atoms with Crippen LogP contribution in [0, 0.1) is 0 Å². The van der Waals surface area contributed by atoms with Crippen LogP contribution >= 0.6 is 11.8 Å². The van der Waals surface area contributed by atoms with E-state index in [0.717, 1.165) is 16.3 Å². The third-order valence-electron chi connectivity index (χ3n) is 2.86. The van der Waals surface area contributed by atoms with E-state index in [9.17, 15) is 18.0 Å². The van der Waals surface area contributed by atoms with Crippen molar-refractivity contribution in [2.45, 2.75) is 11.9 Å². The van der Waals surface area contributed by atoms with E-state index in [2.05, 4.69) is 0 Å². The Morgan fingerprint density at radius 1 is 1.10 bits per heavy atom. The van der Waals surface area contributed by atoms with Gasteiger partial charge in [0.15, 0.2) is 0 Å². The van der Waals surface area contributed by atoms with Crippen LogP contribution in [0.4, 0.5) is 13.2 Å². The highest BCUT2D eigenvalue weighted by atomic mass is 32.2. The number of carbonyl (C=O) groups excluding carboxylic acids is 1. The molecule has 0 unspecified atom stereocenters. The summed E-state index contributed by atoms with van der Waals surface area (Å²) < 4.78 is 35.9. The van der Waals surface area contributed by atoms with Crippen molar-refractivity contribution in [2.24, 2.45) is 0 Å². The molecule has 0 saturated carbocycles. The number of nitrogens with one attached hydrogen (secondary N) is 1. The van der Waals surface area contributed by atoms with Gasteiger partial charge in [0.25, 0.3) is 0 Å². The van der Waals surface area contributed by atoms with Crippen LogP contribution in [0.1, 0.15) is 5.56 Å². The molecule has 0 bridgehead atoms. The van der Waals surface area contributed by atoms with E-state index < -0.39 is 18.6 Å². The zero-order chi connectivity index (χ0) is 15.3. The van der Waals surface area contributed by atoms with Gasteiger partial charge in [-0.3, -0.25) is 4.79 Å². The van der Waals surface area contributed by atoms with E-state index >= 15 is 0 Å². The Morgan fingerprint density at radius 2 is 1.81 bits per heavy atom. The minimum absolute atomic E-state index is 0.0132. The van der Waals surface area contributed by atoms with Crippen LogP contribution in [0.3, 0.4) is 0 Å². The van der Waals surface area contributed by atoms with Gasteiger partial charge in [0.2, 0.25) is 5.91 Å². The first-order valence-corrected chi connectivity index (χ1v) is 7.49. The van der Waals surface area contributed by atoms with Crippen LogP contribution in [0.15, 0.2) is 42.5 Å². The fraction of sp³-hybridized carbons (Fsp3) is 0.267. The van der Waals surface area contributed by atoms with Crippen molar-refractivity contribution >= 4 is 28.4 Å². The van der Waals surface area contributed by atoms with Gasteiger partial charge in [-0.05, 0) is 16.3 Å². The van der Waals surface area contributed by atoms with Crippen molar-refractivity contribution in [3.63, 3.8) is 0 Å². The van der Waals surface area contributed by atoms with Crippen LogP contribution < -0.4 is 5.32 Å². The second kappa shape index (κ2) is 6.85. The quantitative estimate of drug-likeness (QED) is 0.911. The Kier molecular flexibility index (Phi) is 5.12. The summed E-state index contributed by atoms with van der Waals surface area (Å²) in [4.78, 5) is 11.3. The molecule has 1 N–H and O–H groups in total. The van der Waals surface area contributed by atoms with Crippen molar-refractivity contribution in [3.05, 3.63) is 48.0 Å². The molecule has 0 saturated heterocycles. The fourth-order valence-electron chi connectivity index (χ4n) is 1.92. The first-order chi connectivity index (χ1) is 9.96. The minimum Gasteiger partial charge on any atom is -0.346 e.